The van der Waals surface area contributed by atoms with Crippen LogP contribution in [-0.4, -0.2) is 13.9 Å². The molecule has 1 aromatic heterocycles. The lowest BCUT2D eigenvalue weighted by molar-refractivity contribution is 0.370. The highest BCUT2D eigenvalue weighted by atomic mass is 16.2. The van der Waals surface area contributed by atoms with Gasteiger partial charge in [0.05, 0.1) is 12.1 Å². The Kier molecular flexibility index (Phi) is 1.77. The number of hydrogen-bond donors (Lipinski definition) is 0. The summed E-state index contributed by atoms with van der Waals surface area (Å²) in [5, 5.41) is 0. The summed E-state index contributed by atoms with van der Waals surface area (Å²) in [6, 6.07) is 5.75. The molecule has 0 saturated carbocycles. The van der Waals surface area contributed by atoms with Gasteiger partial charge in [-0.1, -0.05) is 30.4 Å². The minimum atomic E-state index is -0.253. The monoisotopic (exact) mass is 255 g/mol. The van der Waals surface area contributed by atoms with E-state index < -0.39 is 0 Å². The third kappa shape index (κ3) is 1.06. The normalized spacial score (nSPS) is 22.4. The molecule has 0 N–H and O–H groups in total. The molecule has 5 rings (SSSR count). The predicted octanol–water partition coefficient (Wildman–Crippen LogP) is 0.719. The molecule has 5 nitrogen and oxygen atoms in total. The molecule has 2 aromatic rings. The van der Waals surface area contributed by atoms with E-state index in [4.69, 9.17) is 0 Å². The summed E-state index contributed by atoms with van der Waals surface area (Å²) in [4.78, 5) is 24.4. The molecule has 0 radical (unpaired) electrons. The van der Waals surface area contributed by atoms with Crippen LogP contribution >= 0.6 is 0 Å². The second-order valence-corrected chi connectivity index (χ2v) is 5.17. The highest BCUT2D eigenvalue weighted by molar-refractivity contribution is 5.47. The minimum Gasteiger partial charge on any atom is -0.246 e. The fraction of sp³-hybridized carbons (Fsp3) is 0.286. The molecule has 0 fully saturated rings. The van der Waals surface area contributed by atoms with Crippen LogP contribution in [0.4, 0.5) is 0 Å². The summed E-state index contributed by atoms with van der Waals surface area (Å²) in [7, 11) is 1.53. The number of benzene rings is 1. The molecule has 0 spiro atoms. The van der Waals surface area contributed by atoms with Gasteiger partial charge >= 0.3 is 11.4 Å². The smallest absolute Gasteiger partial charge is 0.246 e. The van der Waals surface area contributed by atoms with Gasteiger partial charge in [-0.2, -0.15) is 0 Å². The first-order valence-corrected chi connectivity index (χ1v) is 6.29. The number of hydrogen-bond acceptors (Lipinski definition) is 2. The number of nitrogens with zero attached hydrogens (tertiary/aromatic N) is 3. The van der Waals surface area contributed by atoms with Crippen LogP contribution in [0.15, 0.2) is 39.9 Å². The quantitative estimate of drug-likeness (QED) is 0.651. The first kappa shape index (κ1) is 10.6. The lowest BCUT2D eigenvalue weighted by Gasteiger charge is -2.36. The van der Waals surface area contributed by atoms with Crippen LogP contribution in [0.5, 0.6) is 0 Å². The highest BCUT2D eigenvalue weighted by Gasteiger charge is 2.37. The van der Waals surface area contributed by atoms with E-state index in [9.17, 15) is 9.59 Å². The standard InChI is InChI=1S/C14H13N3O2/c1-8-4-3-5-9-10-6-7-11(12(8)9)17-14(19)15(2)13(18)16(10)17/h3-7,10-11H,1-2H3/t10-,11+/m1/s1. The average molecular weight is 255 g/mol. The van der Waals surface area contributed by atoms with Crippen molar-refractivity contribution in [2.24, 2.45) is 7.05 Å². The van der Waals surface area contributed by atoms with Crippen LogP contribution in [0.3, 0.4) is 0 Å². The molecule has 2 atom stereocenters. The van der Waals surface area contributed by atoms with Gasteiger partial charge in [-0.05, 0) is 23.6 Å². The zero-order chi connectivity index (χ0) is 13.3. The molecule has 5 heteroatoms. The van der Waals surface area contributed by atoms with E-state index in [2.05, 4.69) is 0 Å². The summed E-state index contributed by atoms with van der Waals surface area (Å²) in [6.45, 7) is 2.05. The van der Waals surface area contributed by atoms with Crippen LogP contribution in [0, 0.1) is 6.92 Å². The van der Waals surface area contributed by atoms with E-state index in [1.54, 1.807) is 9.36 Å². The van der Waals surface area contributed by atoms with Crippen LogP contribution in [0.25, 0.3) is 0 Å². The van der Waals surface area contributed by atoms with Gasteiger partial charge in [0.25, 0.3) is 0 Å². The maximum absolute atomic E-state index is 12.2. The lowest BCUT2D eigenvalue weighted by Crippen LogP contribution is -2.41. The first-order chi connectivity index (χ1) is 9.11. The fourth-order valence-electron chi connectivity index (χ4n) is 3.27. The van der Waals surface area contributed by atoms with Crippen molar-refractivity contribution in [2.45, 2.75) is 19.0 Å². The SMILES string of the molecule is Cc1cccc2c1[C@@H]1C=C[C@H]2n2c(=O)n(C)c(=O)n21. The zero-order valence-corrected chi connectivity index (χ0v) is 10.7. The summed E-state index contributed by atoms with van der Waals surface area (Å²) in [5.41, 5.74) is 2.93. The molecule has 2 bridgehead atoms. The minimum absolute atomic E-state index is 0.164. The zero-order valence-electron chi connectivity index (χ0n) is 10.7. The van der Waals surface area contributed by atoms with E-state index in [0.29, 0.717) is 0 Å². The van der Waals surface area contributed by atoms with Gasteiger partial charge in [0.2, 0.25) is 0 Å². The molecule has 3 heterocycles. The van der Waals surface area contributed by atoms with Crippen molar-refractivity contribution in [1.82, 2.24) is 13.9 Å². The number of aryl methyl sites for hydroxylation is 1. The van der Waals surface area contributed by atoms with E-state index >= 15 is 0 Å². The van der Waals surface area contributed by atoms with Gasteiger partial charge in [0.1, 0.15) is 0 Å². The van der Waals surface area contributed by atoms with Crippen LogP contribution in [-0.2, 0) is 7.05 Å². The number of aromatic nitrogens is 3. The Balaban J connectivity index is 2.16. The van der Waals surface area contributed by atoms with E-state index in [1.807, 2.05) is 37.3 Å². The predicted molar refractivity (Wildman–Crippen MR) is 70.5 cm³/mol. The maximum atomic E-state index is 12.2. The summed E-state index contributed by atoms with van der Waals surface area (Å²) in [6.07, 6.45) is 4.02. The molecular formula is C14H13N3O2. The average Bonchev–Trinajstić information content (AvgIpc) is 2.66. The molecule has 3 aliphatic rings. The topological polar surface area (TPSA) is 48.9 Å². The van der Waals surface area contributed by atoms with Crippen molar-refractivity contribution in [2.75, 3.05) is 0 Å². The lowest BCUT2D eigenvalue weighted by atomic mass is 9.85. The Hall–Kier alpha value is -2.30. The molecule has 1 aromatic carbocycles. The van der Waals surface area contributed by atoms with Gasteiger partial charge < -0.3 is 0 Å². The summed E-state index contributed by atoms with van der Waals surface area (Å²) in [5.74, 6) is 0. The van der Waals surface area contributed by atoms with Crippen LogP contribution < -0.4 is 11.4 Å². The Bertz CT molecular complexity index is 851. The van der Waals surface area contributed by atoms with Crippen LogP contribution in [0.1, 0.15) is 28.8 Å². The third-order valence-corrected chi connectivity index (χ3v) is 4.17. The molecule has 2 aliphatic heterocycles. The molecule has 0 amide bonds. The van der Waals surface area contributed by atoms with Gasteiger partial charge in [-0.15, -0.1) is 0 Å². The van der Waals surface area contributed by atoms with Crippen molar-refractivity contribution in [3.8, 4) is 0 Å². The van der Waals surface area contributed by atoms with Crippen molar-refractivity contribution in [3.63, 3.8) is 0 Å². The maximum Gasteiger partial charge on any atom is 0.347 e. The fourth-order valence-corrected chi connectivity index (χ4v) is 3.27. The van der Waals surface area contributed by atoms with Gasteiger partial charge in [-0.3, -0.25) is 0 Å². The first-order valence-electron chi connectivity index (χ1n) is 6.29. The number of rotatable bonds is 0. The Morgan fingerprint density at radius 2 is 1.63 bits per heavy atom. The van der Waals surface area contributed by atoms with Crippen molar-refractivity contribution >= 4 is 0 Å². The largest absolute Gasteiger partial charge is 0.347 e. The van der Waals surface area contributed by atoms with Crippen molar-refractivity contribution in [3.05, 3.63) is 68.0 Å². The Labute approximate surface area is 109 Å². The van der Waals surface area contributed by atoms with Crippen molar-refractivity contribution < 1.29 is 0 Å². The molecular weight excluding hydrogens is 242 g/mol. The summed E-state index contributed by atoms with van der Waals surface area (Å²) < 4.78 is 4.31. The van der Waals surface area contributed by atoms with E-state index in [-0.39, 0.29) is 23.5 Å². The molecule has 1 aliphatic carbocycles. The second kappa shape index (κ2) is 3.17. The number of allylic oxidation sites excluding steroid dienone is 2. The van der Waals surface area contributed by atoms with Crippen molar-refractivity contribution in [1.29, 1.82) is 0 Å². The molecule has 19 heavy (non-hydrogen) atoms. The Morgan fingerprint density at radius 1 is 1.00 bits per heavy atom. The third-order valence-electron chi connectivity index (χ3n) is 4.17. The van der Waals surface area contributed by atoms with Gasteiger partial charge in [0.15, 0.2) is 0 Å². The van der Waals surface area contributed by atoms with E-state index in [0.717, 1.165) is 16.7 Å². The molecule has 0 saturated heterocycles. The highest BCUT2D eigenvalue weighted by Crippen LogP contribution is 2.40. The summed E-state index contributed by atoms with van der Waals surface area (Å²) >= 11 is 0. The molecule has 0 unspecified atom stereocenters. The second-order valence-electron chi connectivity index (χ2n) is 5.17. The Morgan fingerprint density at radius 3 is 2.37 bits per heavy atom. The van der Waals surface area contributed by atoms with Gasteiger partial charge in [0, 0.05) is 7.05 Å². The van der Waals surface area contributed by atoms with E-state index in [1.165, 1.54) is 11.6 Å². The van der Waals surface area contributed by atoms with Gasteiger partial charge in [-0.25, -0.2) is 23.5 Å². The molecule has 96 valence electrons. The van der Waals surface area contributed by atoms with Crippen LogP contribution in [0.2, 0.25) is 0 Å².